The number of nitrogens with one attached hydrogen (secondary N) is 1. The number of nitrogens with two attached hydrogens (primary N) is 1. The monoisotopic (exact) mass is 209 g/mol. The van der Waals surface area contributed by atoms with Gasteiger partial charge in [0.25, 0.3) is 0 Å². The summed E-state index contributed by atoms with van der Waals surface area (Å²) in [5.74, 6) is 0. The Bertz CT molecular complexity index is 455. The molecule has 2 rings (SSSR count). The molecule has 1 aromatic carbocycles. The summed E-state index contributed by atoms with van der Waals surface area (Å²) in [5, 5.41) is 7.69. The molecule has 0 saturated carbocycles. The predicted octanol–water partition coefficient (Wildman–Crippen LogP) is 2.45. The summed E-state index contributed by atoms with van der Waals surface area (Å²) in [7, 11) is 0. The number of hydrogen-bond donors (Lipinski definition) is 2. The zero-order valence-electron chi connectivity index (χ0n) is 6.65. The molecule has 0 saturated heterocycles. The van der Waals surface area contributed by atoms with E-state index in [1.165, 1.54) is 11.3 Å². The fourth-order valence-electron chi connectivity index (χ4n) is 0.979. The lowest BCUT2D eigenvalue weighted by Gasteiger charge is -1.94. The van der Waals surface area contributed by atoms with E-state index >= 15 is 0 Å². The van der Waals surface area contributed by atoms with Crippen molar-refractivity contribution in [3.8, 4) is 10.6 Å². The van der Waals surface area contributed by atoms with Crippen molar-refractivity contribution in [1.29, 1.82) is 0 Å². The molecule has 0 aliphatic heterocycles. The molecule has 0 fully saturated rings. The maximum atomic E-state index is 5.56. The van der Waals surface area contributed by atoms with E-state index in [0.717, 1.165) is 16.3 Å². The van der Waals surface area contributed by atoms with E-state index in [0.29, 0.717) is 3.95 Å². The van der Waals surface area contributed by atoms with Crippen LogP contribution in [-0.4, -0.2) is 10.2 Å². The second-order valence-electron chi connectivity index (χ2n) is 2.54. The van der Waals surface area contributed by atoms with Gasteiger partial charge < -0.3 is 5.73 Å². The Kier molecular flexibility index (Phi) is 2.12. The molecule has 1 heterocycles. The van der Waals surface area contributed by atoms with Gasteiger partial charge >= 0.3 is 0 Å². The van der Waals surface area contributed by atoms with Crippen LogP contribution in [0.1, 0.15) is 0 Å². The number of aromatic nitrogens is 2. The fraction of sp³-hybridized carbons (Fsp3) is 0. The van der Waals surface area contributed by atoms with E-state index in [1.54, 1.807) is 0 Å². The van der Waals surface area contributed by atoms with Crippen LogP contribution in [0.2, 0.25) is 0 Å². The van der Waals surface area contributed by atoms with Gasteiger partial charge in [-0.2, -0.15) is 5.10 Å². The van der Waals surface area contributed by atoms with Gasteiger partial charge in [-0.05, 0) is 36.5 Å². The molecule has 0 radical (unpaired) electrons. The zero-order chi connectivity index (χ0) is 9.26. The van der Waals surface area contributed by atoms with Crippen LogP contribution in [0, 0.1) is 3.95 Å². The molecule has 66 valence electrons. The molecule has 3 nitrogen and oxygen atoms in total. The lowest BCUT2D eigenvalue weighted by Crippen LogP contribution is -1.83. The highest BCUT2D eigenvalue weighted by atomic mass is 32.1. The molecule has 0 aliphatic rings. The van der Waals surface area contributed by atoms with Crippen molar-refractivity contribution in [2.75, 3.05) is 5.73 Å². The highest BCUT2D eigenvalue weighted by Crippen LogP contribution is 2.22. The Morgan fingerprint density at radius 3 is 2.54 bits per heavy atom. The van der Waals surface area contributed by atoms with Crippen LogP contribution < -0.4 is 5.73 Å². The molecular weight excluding hydrogens is 202 g/mol. The first-order chi connectivity index (χ1) is 6.25. The van der Waals surface area contributed by atoms with Gasteiger partial charge in [0.1, 0.15) is 5.01 Å². The zero-order valence-corrected chi connectivity index (χ0v) is 8.28. The van der Waals surface area contributed by atoms with Crippen molar-refractivity contribution in [2.24, 2.45) is 0 Å². The minimum atomic E-state index is 0.687. The average molecular weight is 209 g/mol. The minimum absolute atomic E-state index is 0.687. The summed E-state index contributed by atoms with van der Waals surface area (Å²) in [4.78, 5) is 0. The number of hydrogen-bond acceptors (Lipinski definition) is 4. The molecule has 0 unspecified atom stereocenters. The Labute approximate surface area is 84.2 Å². The smallest absolute Gasteiger partial charge is 0.176 e. The second-order valence-corrected chi connectivity index (χ2v) is 4.21. The van der Waals surface area contributed by atoms with Crippen molar-refractivity contribution in [2.45, 2.75) is 0 Å². The molecule has 2 aromatic rings. The van der Waals surface area contributed by atoms with Crippen LogP contribution in [0.25, 0.3) is 10.6 Å². The van der Waals surface area contributed by atoms with Crippen molar-refractivity contribution >= 4 is 29.2 Å². The predicted molar refractivity (Wildman–Crippen MR) is 57.1 cm³/mol. The summed E-state index contributed by atoms with van der Waals surface area (Å²) in [6, 6.07) is 7.55. The molecular formula is C8H7N3S2. The van der Waals surface area contributed by atoms with Gasteiger partial charge in [0, 0.05) is 11.3 Å². The summed E-state index contributed by atoms with van der Waals surface area (Å²) < 4.78 is 0.687. The summed E-state index contributed by atoms with van der Waals surface area (Å²) in [6.45, 7) is 0. The Morgan fingerprint density at radius 2 is 2.00 bits per heavy atom. The summed E-state index contributed by atoms with van der Waals surface area (Å²) in [6.07, 6.45) is 0. The maximum Gasteiger partial charge on any atom is 0.176 e. The minimum Gasteiger partial charge on any atom is -0.399 e. The van der Waals surface area contributed by atoms with Crippen LogP contribution in [0.4, 0.5) is 5.69 Å². The van der Waals surface area contributed by atoms with Crippen LogP contribution in [0.15, 0.2) is 24.3 Å². The highest BCUT2D eigenvalue weighted by molar-refractivity contribution is 7.73. The maximum absolute atomic E-state index is 5.56. The van der Waals surface area contributed by atoms with Crippen LogP contribution in [0.5, 0.6) is 0 Å². The van der Waals surface area contributed by atoms with Gasteiger partial charge in [-0.15, -0.1) is 0 Å². The van der Waals surface area contributed by atoms with Crippen molar-refractivity contribution in [3.63, 3.8) is 0 Å². The second kappa shape index (κ2) is 3.27. The van der Waals surface area contributed by atoms with E-state index in [9.17, 15) is 0 Å². The van der Waals surface area contributed by atoms with Crippen LogP contribution >= 0.6 is 23.6 Å². The van der Waals surface area contributed by atoms with Crippen molar-refractivity contribution < 1.29 is 0 Å². The molecule has 0 atom stereocenters. The topological polar surface area (TPSA) is 54.7 Å². The molecule has 0 aliphatic carbocycles. The number of aromatic amines is 1. The standard InChI is InChI=1S/C8H7N3S2/c9-6-3-1-5(2-4-6)7-10-11-8(12)13-7/h1-4H,9H2,(H,11,12). The van der Waals surface area contributed by atoms with E-state index in [-0.39, 0.29) is 0 Å². The number of nitrogens with zero attached hydrogens (tertiary/aromatic N) is 1. The van der Waals surface area contributed by atoms with Crippen molar-refractivity contribution in [1.82, 2.24) is 10.2 Å². The van der Waals surface area contributed by atoms with Gasteiger partial charge in [0.2, 0.25) is 0 Å². The molecule has 0 bridgehead atoms. The first-order valence-electron chi connectivity index (χ1n) is 3.67. The first-order valence-corrected chi connectivity index (χ1v) is 4.89. The number of nitrogen functional groups attached to an aromatic ring is 1. The fourth-order valence-corrected chi connectivity index (χ4v) is 1.87. The van der Waals surface area contributed by atoms with Gasteiger partial charge in [0.15, 0.2) is 3.95 Å². The van der Waals surface area contributed by atoms with E-state index in [1.807, 2.05) is 24.3 Å². The summed E-state index contributed by atoms with van der Waals surface area (Å²) in [5.41, 5.74) is 7.35. The van der Waals surface area contributed by atoms with Gasteiger partial charge in [-0.1, -0.05) is 11.3 Å². The normalized spacial score (nSPS) is 10.2. The molecule has 0 spiro atoms. The third kappa shape index (κ3) is 1.76. The van der Waals surface area contributed by atoms with E-state index < -0.39 is 0 Å². The summed E-state index contributed by atoms with van der Waals surface area (Å²) >= 11 is 6.39. The SMILES string of the molecule is Nc1ccc(-c2n[nH]c(=S)s2)cc1. The number of rotatable bonds is 1. The molecule has 13 heavy (non-hydrogen) atoms. The Morgan fingerprint density at radius 1 is 1.31 bits per heavy atom. The van der Waals surface area contributed by atoms with Gasteiger partial charge in [0.05, 0.1) is 0 Å². The first kappa shape index (κ1) is 8.40. The van der Waals surface area contributed by atoms with Gasteiger partial charge in [-0.25, -0.2) is 0 Å². The van der Waals surface area contributed by atoms with E-state index in [2.05, 4.69) is 10.2 Å². The quantitative estimate of drug-likeness (QED) is 0.560. The number of anilines is 1. The number of H-pyrrole nitrogens is 1. The lowest BCUT2D eigenvalue weighted by molar-refractivity contribution is 1.08. The van der Waals surface area contributed by atoms with Crippen LogP contribution in [0.3, 0.4) is 0 Å². The van der Waals surface area contributed by atoms with Crippen molar-refractivity contribution in [3.05, 3.63) is 28.2 Å². The van der Waals surface area contributed by atoms with E-state index in [4.69, 9.17) is 18.0 Å². The van der Waals surface area contributed by atoms with Crippen LogP contribution in [-0.2, 0) is 0 Å². The molecule has 0 amide bonds. The largest absolute Gasteiger partial charge is 0.399 e. The molecule has 1 aromatic heterocycles. The Balaban J connectivity index is 2.47. The molecule has 3 N–H and O–H groups in total. The molecule has 5 heteroatoms. The number of benzene rings is 1. The Hall–Kier alpha value is -1.20. The third-order valence-corrected chi connectivity index (χ3v) is 2.73. The lowest BCUT2D eigenvalue weighted by atomic mass is 10.2. The third-order valence-electron chi connectivity index (χ3n) is 1.60. The highest BCUT2D eigenvalue weighted by Gasteiger charge is 2.00. The van der Waals surface area contributed by atoms with Gasteiger partial charge in [-0.3, -0.25) is 5.10 Å². The average Bonchev–Trinajstić information content (AvgIpc) is 2.53.